The van der Waals surface area contributed by atoms with E-state index in [2.05, 4.69) is 5.32 Å². The van der Waals surface area contributed by atoms with Crippen LogP contribution in [-0.4, -0.2) is 15.6 Å². The zero-order valence-corrected chi connectivity index (χ0v) is 14.8. The van der Waals surface area contributed by atoms with Gasteiger partial charge in [0.25, 0.3) is 0 Å². The molecule has 2 heterocycles. The molecule has 0 radical (unpaired) electrons. The van der Waals surface area contributed by atoms with Crippen molar-refractivity contribution in [1.29, 1.82) is 0 Å². The van der Waals surface area contributed by atoms with Gasteiger partial charge in [-0.2, -0.15) is 0 Å². The van der Waals surface area contributed by atoms with Gasteiger partial charge in [0.2, 0.25) is 0 Å². The van der Waals surface area contributed by atoms with E-state index in [1.54, 1.807) is 19.3 Å². The van der Waals surface area contributed by atoms with E-state index in [9.17, 15) is 14.3 Å². The Morgan fingerprint density at radius 3 is 2.65 bits per heavy atom. The van der Waals surface area contributed by atoms with Crippen LogP contribution in [0.2, 0.25) is 0 Å². The van der Waals surface area contributed by atoms with Gasteiger partial charge in [-0.25, -0.2) is 9.18 Å². The van der Waals surface area contributed by atoms with Crippen LogP contribution in [0.5, 0.6) is 0 Å². The molecular weight excluding hydrogens is 335 g/mol. The van der Waals surface area contributed by atoms with Crippen LogP contribution in [0.1, 0.15) is 38.6 Å². The largest absolute Gasteiger partial charge is 0.478 e. The maximum Gasteiger partial charge on any atom is 0.337 e. The SMILES string of the molecule is Cc1c(CNCc2ccco2)c(C(=O)O)c(C)n1Cc1cccc(F)c1. The van der Waals surface area contributed by atoms with Crippen LogP contribution < -0.4 is 5.32 Å². The predicted molar refractivity (Wildman–Crippen MR) is 95.6 cm³/mol. The summed E-state index contributed by atoms with van der Waals surface area (Å²) < 4.78 is 20.7. The summed E-state index contributed by atoms with van der Waals surface area (Å²) >= 11 is 0. The number of benzene rings is 1. The normalized spacial score (nSPS) is 11.0. The molecular formula is C20H21FN2O3. The average Bonchev–Trinajstić information content (AvgIpc) is 3.18. The highest BCUT2D eigenvalue weighted by atomic mass is 19.1. The predicted octanol–water partition coefficient (Wildman–Crippen LogP) is 3.87. The first-order chi connectivity index (χ1) is 12.5. The van der Waals surface area contributed by atoms with Gasteiger partial charge in [0.15, 0.2) is 0 Å². The second-order valence-electron chi connectivity index (χ2n) is 6.23. The van der Waals surface area contributed by atoms with Crippen LogP contribution >= 0.6 is 0 Å². The van der Waals surface area contributed by atoms with Gasteiger partial charge in [-0.05, 0) is 43.7 Å². The fraction of sp³-hybridized carbons (Fsp3) is 0.250. The lowest BCUT2D eigenvalue weighted by atomic mass is 10.1. The topological polar surface area (TPSA) is 67.4 Å². The van der Waals surface area contributed by atoms with Crippen LogP contribution in [0.15, 0.2) is 47.1 Å². The number of rotatable bonds is 7. The lowest BCUT2D eigenvalue weighted by Crippen LogP contribution is -2.15. The Bertz CT molecular complexity index is 914. The number of nitrogens with one attached hydrogen (secondary N) is 1. The van der Waals surface area contributed by atoms with Gasteiger partial charge in [0.1, 0.15) is 11.6 Å². The monoisotopic (exact) mass is 356 g/mol. The third-order valence-corrected chi connectivity index (χ3v) is 4.53. The minimum Gasteiger partial charge on any atom is -0.478 e. The molecule has 0 aliphatic carbocycles. The van der Waals surface area contributed by atoms with Crippen LogP contribution in [0.25, 0.3) is 0 Å². The Labute approximate surface area is 151 Å². The summed E-state index contributed by atoms with van der Waals surface area (Å²) in [6.45, 7) is 5.02. The zero-order chi connectivity index (χ0) is 18.7. The number of furan rings is 1. The van der Waals surface area contributed by atoms with Crippen molar-refractivity contribution in [1.82, 2.24) is 9.88 Å². The second-order valence-corrected chi connectivity index (χ2v) is 6.23. The molecule has 2 N–H and O–H groups in total. The van der Waals surface area contributed by atoms with Gasteiger partial charge in [0.05, 0.1) is 18.4 Å². The van der Waals surface area contributed by atoms with Crippen LogP contribution in [0.4, 0.5) is 4.39 Å². The zero-order valence-electron chi connectivity index (χ0n) is 14.8. The van der Waals surface area contributed by atoms with Gasteiger partial charge >= 0.3 is 5.97 Å². The highest BCUT2D eigenvalue weighted by molar-refractivity contribution is 5.91. The van der Waals surface area contributed by atoms with E-state index in [-0.39, 0.29) is 5.82 Å². The first kappa shape index (κ1) is 17.9. The molecule has 5 nitrogen and oxygen atoms in total. The summed E-state index contributed by atoms with van der Waals surface area (Å²) in [7, 11) is 0. The molecule has 2 aromatic heterocycles. The van der Waals surface area contributed by atoms with Crippen LogP contribution in [0.3, 0.4) is 0 Å². The average molecular weight is 356 g/mol. The molecule has 3 aromatic rings. The molecule has 3 rings (SSSR count). The first-order valence-corrected chi connectivity index (χ1v) is 8.36. The molecule has 0 atom stereocenters. The molecule has 1 aromatic carbocycles. The summed E-state index contributed by atoms with van der Waals surface area (Å²) in [5, 5.41) is 12.9. The molecule has 0 spiro atoms. The molecule has 0 aliphatic rings. The quantitative estimate of drug-likeness (QED) is 0.674. The third kappa shape index (κ3) is 3.70. The standard InChI is InChI=1S/C20H21FN2O3/c1-13-18(11-22-10-17-7-4-8-26-17)19(20(24)25)14(2)23(13)12-15-5-3-6-16(21)9-15/h3-9,22H,10-12H2,1-2H3,(H,24,25). The number of carboxylic acid groups (broad SMARTS) is 1. The summed E-state index contributed by atoms with van der Waals surface area (Å²) in [5.41, 5.74) is 3.34. The maximum absolute atomic E-state index is 13.5. The van der Waals surface area contributed by atoms with E-state index < -0.39 is 5.97 Å². The van der Waals surface area contributed by atoms with Gasteiger partial charge in [0, 0.05) is 30.0 Å². The molecule has 26 heavy (non-hydrogen) atoms. The Hall–Kier alpha value is -2.86. The van der Waals surface area contributed by atoms with Crippen molar-refractivity contribution in [3.05, 3.63) is 82.3 Å². The molecule has 6 heteroatoms. The number of carbonyl (C=O) groups is 1. The Morgan fingerprint density at radius 2 is 2.00 bits per heavy atom. The lowest BCUT2D eigenvalue weighted by molar-refractivity contribution is 0.0694. The number of nitrogens with zero attached hydrogens (tertiary/aromatic N) is 1. The summed E-state index contributed by atoms with van der Waals surface area (Å²) in [6.07, 6.45) is 1.60. The minimum atomic E-state index is -0.960. The van der Waals surface area contributed by atoms with Gasteiger partial charge in [-0.1, -0.05) is 12.1 Å². The minimum absolute atomic E-state index is 0.297. The lowest BCUT2D eigenvalue weighted by Gasteiger charge is -2.10. The van der Waals surface area contributed by atoms with Crippen LogP contribution in [-0.2, 0) is 19.6 Å². The smallest absolute Gasteiger partial charge is 0.337 e. The number of hydrogen-bond donors (Lipinski definition) is 2. The molecule has 0 unspecified atom stereocenters. The van der Waals surface area contributed by atoms with Gasteiger partial charge in [-0.3, -0.25) is 0 Å². The van der Waals surface area contributed by atoms with Crippen LogP contribution in [0, 0.1) is 19.7 Å². The van der Waals surface area contributed by atoms with Gasteiger partial charge in [-0.15, -0.1) is 0 Å². The second kappa shape index (κ2) is 7.58. The van der Waals surface area contributed by atoms with E-state index in [0.29, 0.717) is 30.9 Å². The van der Waals surface area contributed by atoms with Crippen molar-refractivity contribution in [3.8, 4) is 0 Å². The molecule has 0 saturated carbocycles. The first-order valence-electron chi connectivity index (χ1n) is 8.36. The van der Waals surface area contributed by atoms with E-state index in [1.165, 1.54) is 12.1 Å². The van der Waals surface area contributed by atoms with Crippen molar-refractivity contribution < 1.29 is 18.7 Å². The summed E-state index contributed by atoms with van der Waals surface area (Å²) in [6, 6.07) is 10.0. The maximum atomic E-state index is 13.5. The summed E-state index contributed by atoms with van der Waals surface area (Å²) in [4.78, 5) is 11.8. The fourth-order valence-corrected chi connectivity index (χ4v) is 3.23. The summed E-state index contributed by atoms with van der Waals surface area (Å²) in [5.74, 6) is -0.474. The molecule has 0 aliphatic heterocycles. The number of aromatic carboxylic acids is 1. The number of halogens is 1. The Morgan fingerprint density at radius 1 is 1.19 bits per heavy atom. The number of aromatic nitrogens is 1. The Balaban J connectivity index is 1.87. The van der Waals surface area contributed by atoms with Crippen molar-refractivity contribution in [2.75, 3.05) is 0 Å². The van der Waals surface area contributed by atoms with E-state index in [4.69, 9.17) is 4.42 Å². The molecule has 136 valence electrons. The number of carboxylic acids is 1. The van der Waals surface area contributed by atoms with E-state index >= 15 is 0 Å². The van der Waals surface area contributed by atoms with Crippen molar-refractivity contribution in [3.63, 3.8) is 0 Å². The Kier molecular flexibility index (Phi) is 5.23. The molecule has 0 amide bonds. The third-order valence-electron chi connectivity index (χ3n) is 4.53. The van der Waals surface area contributed by atoms with Crippen molar-refractivity contribution in [2.24, 2.45) is 0 Å². The van der Waals surface area contributed by atoms with Crippen molar-refractivity contribution >= 4 is 5.97 Å². The molecule has 0 saturated heterocycles. The van der Waals surface area contributed by atoms with E-state index in [1.807, 2.05) is 29.7 Å². The highest BCUT2D eigenvalue weighted by Crippen LogP contribution is 2.24. The van der Waals surface area contributed by atoms with E-state index in [0.717, 1.165) is 22.6 Å². The van der Waals surface area contributed by atoms with Gasteiger partial charge < -0.3 is 19.4 Å². The molecule has 0 bridgehead atoms. The fourth-order valence-electron chi connectivity index (χ4n) is 3.23. The highest BCUT2D eigenvalue weighted by Gasteiger charge is 2.22. The number of hydrogen-bond acceptors (Lipinski definition) is 3. The molecule has 0 fully saturated rings. The van der Waals surface area contributed by atoms with Crippen molar-refractivity contribution in [2.45, 2.75) is 33.5 Å².